The number of ether oxygens (including phenoxy) is 1. The van der Waals surface area contributed by atoms with Gasteiger partial charge in [0.15, 0.2) is 5.78 Å². The Bertz CT molecular complexity index is 751. The second-order valence-corrected chi connectivity index (χ2v) is 7.02. The van der Waals surface area contributed by atoms with Crippen molar-refractivity contribution in [2.45, 2.75) is 26.3 Å². The highest BCUT2D eigenvalue weighted by Crippen LogP contribution is 2.34. The van der Waals surface area contributed by atoms with Crippen LogP contribution in [-0.2, 0) is 6.54 Å². The summed E-state index contributed by atoms with van der Waals surface area (Å²) in [4.78, 5) is 14.2. The van der Waals surface area contributed by atoms with Crippen molar-refractivity contribution in [3.05, 3.63) is 65.2 Å². The number of Topliss-reactive ketones (excluding diaryl/α,β-unsaturated/α-hetero) is 1. The zero-order chi connectivity index (χ0) is 18.5. The number of rotatable bonds is 7. The smallest absolute Gasteiger partial charge is 0.159 e. The summed E-state index contributed by atoms with van der Waals surface area (Å²) in [5.74, 6) is 1.85. The van der Waals surface area contributed by atoms with Gasteiger partial charge in [-0.2, -0.15) is 0 Å². The molecule has 2 aromatic rings. The highest BCUT2D eigenvalue weighted by molar-refractivity contribution is 5.94. The summed E-state index contributed by atoms with van der Waals surface area (Å²) in [5, 5.41) is 0. The van der Waals surface area contributed by atoms with Gasteiger partial charge in [0.2, 0.25) is 0 Å². The van der Waals surface area contributed by atoms with E-state index in [4.69, 9.17) is 10.5 Å². The van der Waals surface area contributed by atoms with Crippen LogP contribution < -0.4 is 10.5 Å². The number of ketones is 1. The van der Waals surface area contributed by atoms with E-state index in [0.29, 0.717) is 25.0 Å². The maximum Gasteiger partial charge on any atom is 0.159 e. The lowest BCUT2D eigenvalue weighted by molar-refractivity contribution is 0.101. The third-order valence-electron chi connectivity index (χ3n) is 5.21. The van der Waals surface area contributed by atoms with Crippen LogP contribution in [0.4, 0.5) is 0 Å². The minimum Gasteiger partial charge on any atom is -0.494 e. The number of hydrogen-bond donors (Lipinski definition) is 1. The highest BCUT2D eigenvalue weighted by Gasteiger charge is 2.33. The van der Waals surface area contributed by atoms with Gasteiger partial charge in [0.1, 0.15) is 5.75 Å². The standard InChI is InChI=1S/C22H28N2O2.ClH/c1-3-26-22-10-9-18(16(2)25)11-19(22)13-24-14-20(12-23)21(15-24)17-7-5-4-6-8-17;/h4-11,20-21H,3,12-15,23H2,1-2H3;1H/t20-,21+;/m1./s1. The maximum absolute atomic E-state index is 11.8. The molecule has 2 aromatic carbocycles. The SMILES string of the molecule is CCOc1ccc(C(C)=O)cc1CN1C[C@@H](CN)[C@H](c2ccccc2)C1.Cl. The average molecular weight is 389 g/mol. The number of nitrogens with zero attached hydrogens (tertiary/aromatic N) is 1. The fourth-order valence-corrected chi connectivity index (χ4v) is 3.87. The number of hydrogen-bond acceptors (Lipinski definition) is 4. The fraction of sp³-hybridized carbons (Fsp3) is 0.409. The number of benzene rings is 2. The summed E-state index contributed by atoms with van der Waals surface area (Å²) >= 11 is 0. The van der Waals surface area contributed by atoms with Crippen LogP contribution in [0.15, 0.2) is 48.5 Å². The molecular weight excluding hydrogens is 360 g/mol. The maximum atomic E-state index is 11.8. The Labute approximate surface area is 168 Å². The Kier molecular flexibility index (Phi) is 7.84. The molecule has 0 aromatic heterocycles. The molecule has 1 aliphatic heterocycles. The van der Waals surface area contributed by atoms with E-state index in [1.54, 1.807) is 6.92 Å². The Morgan fingerprint density at radius 3 is 2.56 bits per heavy atom. The predicted molar refractivity (Wildman–Crippen MR) is 112 cm³/mol. The molecule has 5 heteroatoms. The van der Waals surface area contributed by atoms with Crippen LogP contribution >= 0.6 is 12.4 Å². The van der Waals surface area contributed by atoms with E-state index in [2.05, 4.69) is 35.2 Å². The van der Waals surface area contributed by atoms with Gasteiger partial charge < -0.3 is 10.5 Å². The zero-order valence-corrected chi connectivity index (χ0v) is 16.9. The number of carbonyl (C=O) groups is 1. The van der Waals surface area contributed by atoms with Crippen molar-refractivity contribution in [3.63, 3.8) is 0 Å². The molecule has 0 saturated carbocycles. The van der Waals surface area contributed by atoms with E-state index in [-0.39, 0.29) is 18.2 Å². The minimum absolute atomic E-state index is 0. The third kappa shape index (κ3) is 5.10. The van der Waals surface area contributed by atoms with Gasteiger partial charge in [0.05, 0.1) is 6.61 Å². The number of likely N-dealkylation sites (tertiary alicyclic amines) is 1. The molecule has 2 atom stereocenters. The average Bonchev–Trinajstić information content (AvgIpc) is 3.07. The number of carbonyl (C=O) groups excluding carboxylic acids is 1. The summed E-state index contributed by atoms with van der Waals surface area (Å²) in [6, 6.07) is 16.4. The molecule has 1 saturated heterocycles. The molecule has 0 unspecified atom stereocenters. The molecular formula is C22H29ClN2O2. The summed E-state index contributed by atoms with van der Waals surface area (Å²) in [6.45, 7) is 7.59. The number of nitrogens with two attached hydrogens (primary N) is 1. The van der Waals surface area contributed by atoms with Crippen LogP contribution in [0.2, 0.25) is 0 Å². The predicted octanol–water partition coefficient (Wildman–Crippen LogP) is 3.88. The highest BCUT2D eigenvalue weighted by atomic mass is 35.5. The first kappa shape index (κ1) is 21.4. The van der Waals surface area contributed by atoms with Crippen LogP contribution in [-0.4, -0.2) is 36.9 Å². The molecule has 0 radical (unpaired) electrons. The summed E-state index contributed by atoms with van der Waals surface area (Å²) in [5.41, 5.74) is 9.22. The monoisotopic (exact) mass is 388 g/mol. The topological polar surface area (TPSA) is 55.6 Å². The lowest BCUT2D eigenvalue weighted by Gasteiger charge is -2.19. The van der Waals surface area contributed by atoms with Crippen molar-refractivity contribution >= 4 is 18.2 Å². The van der Waals surface area contributed by atoms with Gasteiger partial charge in [-0.05, 0) is 50.1 Å². The van der Waals surface area contributed by atoms with Crippen LogP contribution in [0.5, 0.6) is 5.75 Å². The van der Waals surface area contributed by atoms with Crippen molar-refractivity contribution in [2.24, 2.45) is 11.7 Å². The van der Waals surface area contributed by atoms with Gasteiger partial charge in [0, 0.05) is 36.7 Å². The quantitative estimate of drug-likeness (QED) is 0.731. The summed E-state index contributed by atoms with van der Waals surface area (Å²) in [7, 11) is 0. The van der Waals surface area contributed by atoms with E-state index in [0.717, 1.165) is 36.5 Å². The molecule has 1 fully saturated rings. The van der Waals surface area contributed by atoms with Gasteiger partial charge in [-0.15, -0.1) is 12.4 Å². The van der Waals surface area contributed by atoms with E-state index < -0.39 is 0 Å². The van der Waals surface area contributed by atoms with Crippen molar-refractivity contribution in [2.75, 3.05) is 26.2 Å². The Morgan fingerprint density at radius 2 is 1.93 bits per heavy atom. The van der Waals surface area contributed by atoms with Gasteiger partial charge in [-0.1, -0.05) is 30.3 Å². The van der Waals surface area contributed by atoms with Gasteiger partial charge >= 0.3 is 0 Å². The molecule has 0 spiro atoms. The van der Waals surface area contributed by atoms with Crippen molar-refractivity contribution in [3.8, 4) is 5.75 Å². The van der Waals surface area contributed by atoms with E-state index in [1.165, 1.54) is 5.56 Å². The first-order valence-corrected chi connectivity index (χ1v) is 9.36. The molecule has 146 valence electrons. The van der Waals surface area contributed by atoms with Gasteiger partial charge in [-0.3, -0.25) is 9.69 Å². The lowest BCUT2D eigenvalue weighted by Crippen LogP contribution is -2.23. The van der Waals surface area contributed by atoms with Gasteiger partial charge in [-0.25, -0.2) is 0 Å². The molecule has 0 amide bonds. The van der Waals surface area contributed by atoms with E-state index in [1.807, 2.05) is 25.1 Å². The Balaban J connectivity index is 0.00000261. The summed E-state index contributed by atoms with van der Waals surface area (Å²) in [6.07, 6.45) is 0. The molecule has 4 nitrogen and oxygen atoms in total. The number of halogens is 1. The molecule has 2 N–H and O–H groups in total. The van der Waals surface area contributed by atoms with Crippen LogP contribution in [0, 0.1) is 5.92 Å². The molecule has 27 heavy (non-hydrogen) atoms. The first-order valence-electron chi connectivity index (χ1n) is 9.36. The molecule has 1 heterocycles. The van der Waals surface area contributed by atoms with Crippen molar-refractivity contribution < 1.29 is 9.53 Å². The minimum atomic E-state index is 0. The van der Waals surface area contributed by atoms with Crippen molar-refractivity contribution in [1.29, 1.82) is 0 Å². The first-order chi connectivity index (χ1) is 12.6. The molecule has 3 rings (SSSR count). The van der Waals surface area contributed by atoms with Crippen LogP contribution in [0.25, 0.3) is 0 Å². The van der Waals surface area contributed by atoms with Crippen molar-refractivity contribution in [1.82, 2.24) is 4.90 Å². The molecule has 0 bridgehead atoms. The Morgan fingerprint density at radius 1 is 1.19 bits per heavy atom. The lowest BCUT2D eigenvalue weighted by atomic mass is 9.89. The molecule has 1 aliphatic rings. The largest absolute Gasteiger partial charge is 0.494 e. The van der Waals surface area contributed by atoms with E-state index in [9.17, 15) is 4.79 Å². The van der Waals surface area contributed by atoms with Crippen LogP contribution in [0.3, 0.4) is 0 Å². The fourth-order valence-electron chi connectivity index (χ4n) is 3.87. The zero-order valence-electron chi connectivity index (χ0n) is 16.1. The Hall–Kier alpha value is -1.88. The third-order valence-corrected chi connectivity index (χ3v) is 5.21. The normalized spacial score (nSPS) is 19.5. The van der Waals surface area contributed by atoms with E-state index >= 15 is 0 Å². The second kappa shape index (κ2) is 9.88. The molecule has 0 aliphatic carbocycles. The van der Waals surface area contributed by atoms with Gasteiger partial charge in [0.25, 0.3) is 0 Å². The summed E-state index contributed by atoms with van der Waals surface area (Å²) < 4.78 is 5.78. The van der Waals surface area contributed by atoms with Crippen LogP contribution in [0.1, 0.15) is 41.3 Å². The second-order valence-electron chi connectivity index (χ2n) is 7.02.